The van der Waals surface area contributed by atoms with E-state index in [0.29, 0.717) is 0 Å². The van der Waals surface area contributed by atoms with E-state index >= 15 is 0 Å². The van der Waals surface area contributed by atoms with Crippen LogP contribution >= 0.6 is 7.29 Å². The Morgan fingerprint density at radius 1 is 1.46 bits per heavy atom. The maximum atomic E-state index is 12.4. The number of morpholine rings is 1. The Bertz CT molecular complexity index is 269. The maximum Gasteiger partial charge on any atom is 0.158 e. The lowest BCUT2D eigenvalue weighted by molar-refractivity contribution is 0.0723. The molecule has 2 rings (SSSR count). The molecule has 1 saturated heterocycles. The van der Waals surface area contributed by atoms with E-state index in [1.54, 1.807) is 0 Å². The van der Waals surface area contributed by atoms with Crippen molar-refractivity contribution in [1.29, 1.82) is 0 Å². The van der Waals surface area contributed by atoms with Crippen molar-refractivity contribution in [2.45, 2.75) is 6.92 Å². The first kappa shape index (κ1) is 9.45. The Morgan fingerprint density at radius 3 is 2.69 bits per heavy atom. The van der Waals surface area contributed by atoms with E-state index in [-0.39, 0.29) is 0 Å². The molecule has 0 radical (unpaired) electrons. The molecule has 0 aromatic carbocycles. The fourth-order valence-corrected chi connectivity index (χ4v) is 4.91. The predicted octanol–water partition coefficient (Wildman–Crippen LogP) is 1.56. The van der Waals surface area contributed by atoms with E-state index in [2.05, 4.69) is 17.7 Å². The third-order valence-corrected chi connectivity index (χ3v) is 5.90. The molecule has 13 heavy (non-hydrogen) atoms. The summed E-state index contributed by atoms with van der Waals surface area (Å²) in [5.41, 5.74) is 1.29. The van der Waals surface area contributed by atoms with Gasteiger partial charge in [0.25, 0.3) is 0 Å². The Balaban J connectivity index is 2.03. The largest absolute Gasteiger partial charge is 0.379 e. The zero-order valence-corrected chi connectivity index (χ0v) is 8.93. The van der Waals surface area contributed by atoms with Crippen molar-refractivity contribution in [3.63, 3.8) is 0 Å². The fourth-order valence-electron chi connectivity index (χ4n) is 1.95. The lowest BCUT2D eigenvalue weighted by Crippen LogP contribution is -2.34. The quantitative estimate of drug-likeness (QED) is 0.476. The Morgan fingerprint density at radius 2 is 2.15 bits per heavy atom. The summed E-state index contributed by atoms with van der Waals surface area (Å²) in [7, 11) is -2.04. The van der Waals surface area contributed by atoms with Gasteiger partial charge in [-0.2, -0.15) is 0 Å². The van der Waals surface area contributed by atoms with Crippen molar-refractivity contribution in [3.8, 4) is 0 Å². The van der Waals surface area contributed by atoms with Gasteiger partial charge in [-0.3, -0.25) is 0 Å². The topological polar surface area (TPSA) is 29.5 Å². The summed E-state index contributed by atoms with van der Waals surface area (Å²) >= 11 is 0. The van der Waals surface area contributed by atoms with Crippen molar-refractivity contribution in [3.05, 3.63) is 11.6 Å². The van der Waals surface area contributed by atoms with Crippen LogP contribution in [0.1, 0.15) is 6.92 Å². The number of allylic oxidation sites excluding steroid dienone is 2. The molecule has 0 spiro atoms. The van der Waals surface area contributed by atoms with Crippen molar-refractivity contribution < 1.29 is 9.30 Å². The Kier molecular flexibility index (Phi) is 2.59. The first-order valence-corrected chi connectivity index (χ1v) is 6.81. The highest BCUT2D eigenvalue weighted by molar-refractivity contribution is 7.62. The van der Waals surface area contributed by atoms with Crippen molar-refractivity contribution in [2.24, 2.45) is 0 Å². The van der Waals surface area contributed by atoms with E-state index in [1.807, 2.05) is 0 Å². The van der Waals surface area contributed by atoms with Crippen LogP contribution in [0.25, 0.3) is 0 Å². The van der Waals surface area contributed by atoms with Gasteiger partial charge >= 0.3 is 0 Å². The van der Waals surface area contributed by atoms with Crippen LogP contribution in [0.2, 0.25) is 0 Å². The molecule has 0 N–H and O–H groups in total. The summed E-state index contributed by atoms with van der Waals surface area (Å²) in [6, 6.07) is 0. The predicted molar refractivity (Wildman–Crippen MR) is 53.5 cm³/mol. The first-order valence-electron chi connectivity index (χ1n) is 4.78. The van der Waals surface area contributed by atoms with Gasteiger partial charge < -0.3 is 9.30 Å². The highest BCUT2D eigenvalue weighted by Crippen LogP contribution is 2.54. The second-order valence-electron chi connectivity index (χ2n) is 3.80. The standard InChI is InChI=1S/C9H16NO2P/c1-9-2-7-13(11,8-9)10-3-5-12-6-4-10/h2H,3-8H2,1H3. The van der Waals surface area contributed by atoms with Crippen LogP contribution in [-0.2, 0) is 9.30 Å². The molecule has 2 heterocycles. The summed E-state index contributed by atoms with van der Waals surface area (Å²) in [4.78, 5) is 0. The highest BCUT2D eigenvalue weighted by Gasteiger charge is 2.33. The molecule has 3 nitrogen and oxygen atoms in total. The smallest absolute Gasteiger partial charge is 0.158 e. The van der Waals surface area contributed by atoms with Gasteiger partial charge in [0.05, 0.1) is 13.2 Å². The molecule has 0 aliphatic carbocycles. The van der Waals surface area contributed by atoms with Gasteiger partial charge in [-0.1, -0.05) is 11.6 Å². The van der Waals surface area contributed by atoms with Crippen molar-refractivity contribution in [1.82, 2.24) is 4.67 Å². The monoisotopic (exact) mass is 201 g/mol. The van der Waals surface area contributed by atoms with Gasteiger partial charge in [0.15, 0.2) is 7.29 Å². The van der Waals surface area contributed by atoms with Crippen LogP contribution in [0.15, 0.2) is 11.6 Å². The minimum Gasteiger partial charge on any atom is -0.379 e. The van der Waals surface area contributed by atoms with Gasteiger partial charge in [0, 0.05) is 25.4 Å². The highest BCUT2D eigenvalue weighted by atomic mass is 31.2. The average Bonchev–Trinajstić information content (AvgIpc) is 2.49. The summed E-state index contributed by atoms with van der Waals surface area (Å²) in [5, 5.41) is 0. The molecule has 0 aromatic heterocycles. The molecule has 74 valence electrons. The summed E-state index contributed by atoms with van der Waals surface area (Å²) < 4.78 is 19.8. The number of hydrogen-bond acceptors (Lipinski definition) is 2. The van der Waals surface area contributed by atoms with Crippen LogP contribution in [0.5, 0.6) is 0 Å². The minimum absolute atomic E-state index is 0.739. The number of hydrogen-bond donors (Lipinski definition) is 0. The van der Waals surface area contributed by atoms with Crippen LogP contribution < -0.4 is 0 Å². The van der Waals surface area contributed by atoms with Gasteiger partial charge in [-0.25, -0.2) is 4.67 Å². The molecule has 0 bridgehead atoms. The molecule has 0 aromatic rings. The van der Waals surface area contributed by atoms with E-state index in [1.165, 1.54) is 5.57 Å². The van der Waals surface area contributed by atoms with Crippen molar-refractivity contribution in [2.75, 3.05) is 38.6 Å². The minimum atomic E-state index is -2.04. The Hall–Kier alpha value is -0.110. The molecule has 4 heteroatoms. The first-order chi connectivity index (χ1) is 6.21. The summed E-state index contributed by atoms with van der Waals surface area (Å²) in [6.07, 6.45) is 3.70. The SMILES string of the molecule is CC1=CCP(=O)(N2CCOCC2)C1. The molecule has 1 unspecified atom stereocenters. The Labute approximate surface area is 79.2 Å². The fraction of sp³-hybridized carbons (Fsp3) is 0.778. The van der Waals surface area contributed by atoms with Crippen LogP contribution in [0.3, 0.4) is 0 Å². The van der Waals surface area contributed by atoms with Crippen LogP contribution in [0.4, 0.5) is 0 Å². The molecular weight excluding hydrogens is 185 g/mol. The van der Waals surface area contributed by atoms with Gasteiger partial charge in [0.1, 0.15) is 0 Å². The van der Waals surface area contributed by atoms with E-state index in [0.717, 1.165) is 38.6 Å². The van der Waals surface area contributed by atoms with E-state index < -0.39 is 7.29 Å². The van der Waals surface area contributed by atoms with Crippen LogP contribution in [-0.4, -0.2) is 43.3 Å². The van der Waals surface area contributed by atoms with Gasteiger partial charge in [0.2, 0.25) is 0 Å². The maximum absolute atomic E-state index is 12.4. The lowest BCUT2D eigenvalue weighted by atomic mass is 10.3. The molecule has 0 amide bonds. The van der Waals surface area contributed by atoms with E-state index in [4.69, 9.17) is 4.74 Å². The molecule has 0 saturated carbocycles. The molecule has 2 aliphatic rings. The van der Waals surface area contributed by atoms with E-state index in [9.17, 15) is 4.57 Å². The average molecular weight is 201 g/mol. The number of rotatable bonds is 1. The molecule has 2 aliphatic heterocycles. The molecule has 1 atom stereocenters. The zero-order valence-electron chi connectivity index (χ0n) is 8.03. The zero-order chi connectivity index (χ0) is 9.31. The third kappa shape index (κ3) is 1.88. The second kappa shape index (κ2) is 3.56. The van der Waals surface area contributed by atoms with Gasteiger partial charge in [-0.05, 0) is 6.92 Å². The second-order valence-corrected chi connectivity index (χ2v) is 6.74. The van der Waals surface area contributed by atoms with Crippen molar-refractivity contribution >= 4 is 7.29 Å². The number of nitrogens with zero attached hydrogens (tertiary/aromatic N) is 1. The number of ether oxygens (including phenoxy) is 1. The summed E-state index contributed by atoms with van der Waals surface area (Å²) in [5.74, 6) is 0. The molecular formula is C9H16NO2P. The van der Waals surface area contributed by atoms with Crippen LogP contribution in [0, 0.1) is 0 Å². The third-order valence-electron chi connectivity index (χ3n) is 2.72. The normalized spacial score (nSPS) is 36.2. The molecule has 1 fully saturated rings. The lowest BCUT2D eigenvalue weighted by Gasteiger charge is -2.32. The van der Waals surface area contributed by atoms with Gasteiger partial charge in [-0.15, -0.1) is 0 Å². The summed E-state index contributed by atoms with van der Waals surface area (Å²) in [6.45, 7) is 5.24.